The molecule has 1 fully saturated rings. The predicted octanol–water partition coefficient (Wildman–Crippen LogP) is 1.96. The minimum absolute atomic E-state index is 0.0506. The summed E-state index contributed by atoms with van der Waals surface area (Å²) in [5.74, 6) is -0.224. The van der Waals surface area contributed by atoms with E-state index in [0.717, 1.165) is 41.9 Å². The number of hydrogen-bond acceptors (Lipinski definition) is 2. The van der Waals surface area contributed by atoms with Gasteiger partial charge in [-0.05, 0) is 39.0 Å². The number of benzene rings is 1. The second kappa shape index (κ2) is 4.95. The number of aryl methyl sites for hydroxylation is 1. The Morgan fingerprint density at radius 3 is 2.81 bits per heavy atom. The molecule has 1 aromatic carbocycles. The van der Waals surface area contributed by atoms with Crippen molar-refractivity contribution in [3.05, 3.63) is 42.8 Å². The Labute approximate surface area is 125 Å². The van der Waals surface area contributed by atoms with E-state index in [1.807, 2.05) is 19.1 Å². The van der Waals surface area contributed by atoms with Gasteiger partial charge >= 0.3 is 0 Å². The lowest BCUT2D eigenvalue weighted by Crippen LogP contribution is -3.18. The first-order chi connectivity index (χ1) is 9.87. The van der Waals surface area contributed by atoms with Gasteiger partial charge in [-0.1, -0.05) is 0 Å². The molecule has 4 heteroatoms. The zero-order valence-electron chi connectivity index (χ0n) is 12.9. The van der Waals surface area contributed by atoms with Crippen LogP contribution in [0.4, 0.5) is 10.1 Å². The first kappa shape index (κ1) is 14.3. The van der Waals surface area contributed by atoms with Crippen LogP contribution in [0.5, 0.6) is 0 Å². The summed E-state index contributed by atoms with van der Waals surface area (Å²) in [7, 11) is 4.17. The predicted molar refractivity (Wildman–Crippen MR) is 83.9 cm³/mol. The van der Waals surface area contributed by atoms with Crippen molar-refractivity contribution in [1.29, 1.82) is 0 Å². The fourth-order valence-electron chi connectivity index (χ4n) is 3.03. The Kier molecular flexibility index (Phi) is 3.36. The van der Waals surface area contributed by atoms with Crippen molar-refractivity contribution in [1.82, 2.24) is 4.98 Å². The van der Waals surface area contributed by atoms with Crippen molar-refractivity contribution in [2.24, 2.45) is 0 Å². The summed E-state index contributed by atoms with van der Waals surface area (Å²) in [5, 5.41) is 1.02. The molecule has 2 heterocycles. The number of nitrogens with zero attached hydrogens (tertiary/aromatic N) is 2. The van der Waals surface area contributed by atoms with Gasteiger partial charge in [0.25, 0.3) is 0 Å². The molecule has 0 aliphatic carbocycles. The zero-order valence-corrected chi connectivity index (χ0v) is 12.9. The van der Waals surface area contributed by atoms with E-state index >= 15 is 0 Å². The van der Waals surface area contributed by atoms with Gasteiger partial charge in [-0.3, -0.25) is 4.98 Å². The monoisotopic (exact) mass is 287 g/mol. The summed E-state index contributed by atoms with van der Waals surface area (Å²) in [6, 6.07) is 7.17. The molecular formula is C17H22FN3. The molecule has 112 valence electrons. The third-order valence-corrected chi connectivity index (χ3v) is 4.46. The smallest absolute Gasteiger partial charge is 0.127 e. The lowest BCUT2D eigenvalue weighted by molar-refractivity contribution is -0.906. The van der Waals surface area contributed by atoms with Crippen molar-refractivity contribution in [2.75, 3.05) is 24.5 Å². The number of halogens is 1. The van der Waals surface area contributed by atoms with Gasteiger partial charge < -0.3 is 9.80 Å². The summed E-state index contributed by atoms with van der Waals surface area (Å²) in [5.41, 5.74) is 2.63. The van der Waals surface area contributed by atoms with E-state index in [9.17, 15) is 4.39 Å². The maximum absolute atomic E-state index is 14.0. The van der Waals surface area contributed by atoms with Crippen LogP contribution in [-0.2, 0) is 0 Å². The summed E-state index contributed by atoms with van der Waals surface area (Å²) < 4.78 is 14.0. The van der Waals surface area contributed by atoms with Gasteiger partial charge in [0, 0.05) is 22.8 Å². The van der Waals surface area contributed by atoms with Crippen LogP contribution in [0.3, 0.4) is 0 Å². The number of aromatic nitrogens is 1. The second-order valence-electron chi connectivity index (χ2n) is 6.60. The van der Waals surface area contributed by atoms with Gasteiger partial charge in [0.15, 0.2) is 0 Å². The van der Waals surface area contributed by atoms with Gasteiger partial charge in [0.05, 0.1) is 30.7 Å². The highest BCUT2D eigenvalue weighted by Gasteiger charge is 2.32. The Hall–Kier alpha value is -1.68. The van der Waals surface area contributed by atoms with Crippen molar-refractivity contribution in [2.45, 2.75) is 26.3 Å². The summed E-state index contributed by atoms with van der Waals surface area (Å²) in [4.78, 5) is 7.99. The lowest BCUT2D eigenvalue weighted by Gasteiger charge is -2.47. The van der Waals surface area contributed by atoms with Gasteiger partial charge in [0.2, 0.25) is 0 Å². The van der Waals surface area contributed by atoms with Gasteiger partial charge in [-0.2, -0.15) is 7.05 Å². The average Bonchev–Trinajstić information content (AvgIpc) is 2.40. The summed E-state index contributed by atoms with van der Waals surface area (Å²) in [6.45, 7) is 9.02. The Morgan fingerprint density at radius 2 is 2.10 bits per heavy atom. The Balaban J connectivity index is 2.08. The molecule has 0 saturated carbocycles. The van der Waals surface area contributed by atoms with Gasteiger partial charge in [0.1, 0.15) is 5.82 Å². The first-order valence-electron chi connectivity index (χ1n) is 7.37. The normalized spacial score (nSPS) is 21.8. The third kappa shape index (κ3) is 2.60. The lowest BCUT2D eigenvalue weighted by atomic mass is 9.98. The first-order valence-corrected chi connectivity index (χ1v) is 7.37. The van der Waals surface area contributed by atoms with E-state index in [1.54, 1.807) is 6.07 Å². The number of piperazine rings is 1. The maximum Gasteiger partial charge on any atom is 0.127 e. The quantitative estimate of drug-likeness (QED) is 0.809. The van der Waals surface area contributed by atoms with Crippen molar-refractivity contribution in [3.63, 3.8) is 0 Å². The van der Waals surface area contributed by atoms with E-state index in [-0.39, 0.29) is 11.4 Å². The minimum Gasteiger partial charge on any atom is -0.460 e. The summed E-state index contributed by atoms with van der Waals surface area (Å²) >= 11 is 0. The topological polar surface area (TPSA) is 20.6 Å². The van der Waals surface area contributed by atoms with E-state index in [4.69, 9.17) is 0 Å². The zero-order chi connectivity index (χ0) is 15.2. The number of quaternary nitrogens is 1. The number of rotatable bonds is 1. The van der Waals surface area contributed by atoms with Gasteiger partial charge in [-0.15, -0.1) is 0 Å². The Bertz CT molecular complexity index is 676. The molecule has 3 rings (SSSR count). The van der Waals surface area contributed by atoms with Crippen molar-refractivity contribution in [3.8, 4) is 0 Å². The SMILES string of the molecule is [CH2-][NH+]1CCN(c2cc(F)cc3nc(C)ccc23)CC1(C)C. The van der Waals surface area contributed by atoms with Crippen molar-refractivity contribution < 1.29 is 9.29 Å². The third-order valence-electron chi connectivity index (χ3n) is 4.46. The molecule has 0 amide bonds. The molecule has 21 heavy (non-hydrogen) atoms. The maximum atomic E-state index is 14.0. The number of nitrogens with one attached hydrogen (secondary N) is 1. The highest BCUT2D eigenvalue weighted by atomic mass is 19.1. The minimum atomic E-state index is -0.224. The van der Waals surface area contributed by atoms with Crippen LogP contribution in [0, 0.1) is 19.8 Å². The highest BCUT2D eigenvalue weighted by Crippen LogP contribution is 2.29. The standard InChI is InChI=1S/C17H22FN3/c1-12-5-6-14-15(19-12)9-13(18)10-16(14)21-8-7-20(4)17(2,3)11-21/h5-6,9-10,20H,4,7-8,11H2,1-3H3. The Morgan fingerprint density at radius 1 is 1.33 bits per heavy atom. The molecule has 3 nitrogen and oxygen atoms in total. The van der Waals surface area contributed by atoms with Crippen LogP contribution in [0.25, 0.3) is 10.9 Å². The number of anilines is 1. The van der Waals surface area contributed by atoms with Crippen LogP contribution < -0.4 is 9.80 Å². The molecule has 0 spiro atoms. The van der Waals surface area contributed by atoms with Crippen LogP contribution in [0.15, 0.2) is 24.3 Å². The molecule has 1 aliphatic rings. The van der Waals surface area contributed by atoms with Crippen LogP contribution in [-0.4, -0.2) is 30.2 Å². The molecule has 1 aliphatic heterocycles. The van der Waals surface area contributed by atoms with E-state index in [0.29, 0.717) is 0 Å². The molecule has 1 aromatic heterocycles. The number of pyridine rings is 1. The molecule has 1 atom stereocenters. The van der Waals surface area contributed by atoms with E-state index < -0.39 is 0 Å². The molecular weight excluding hydrogens is 265 g/mol. The highest BCUT2D eigenvalue weighted by molar-refractivity contribution is 5.92. The number of hydrogen-bond donors (Lipinski definition) is 1. The summed E-state index contributed by atoms with van der Waals surface area (Å²) in [6.07, 6.45) is 0. The largest absolute Gasteiger partial charge is 0.460 e. The number of fused-ring (bicyclic) bond motifs is 1. The second-order valence-corrected chi connectivity index (χ2v) is 6.60. The molecule has 0 radical (unpaired) electrons. The fourth-order valence-corrected chi connectivity index (χ4v) is 3.03. The van der Waals surface area contributed by atoms with Crippen molar-refractivity contribution >= 4 is 16.6 Å². The van der Waals surface area contributed by atoms with Crippen LogP contribution in [0.2, 0.25) is 0 Å². The van der Waals surface area contributed by atoms with E-state index in [2.05, 4.69) is 30.8 Å². The molecule has 1 saturated heterocycles. The molecule has 1 unspecified atom stereocenters. The fraction of sp³-hybridized carbons (Fsp3) is 0.412. The molecule has 1 N–H and O–H groups in total. The van der Waals surface area contributed by atoms with Crippen LogP contribution in [0.1, 0.15) is 19.5 Å². The molecule has 0 bridgehead atoms. The van der Waals surface area contributed by atoms with Crippen LogP contribution >= 0.6 is 0 Å². The molecule has 2 aromatic rings. The van der Waals surface area contributed by atoms with Gasteiger partial charge in [-0.25, -0.2) is 4.39 Å². The average molecular weight is 287 g/mol. The van der Waals surface area contributed by atoms with E-state index in [1.165, 1.54) is 11.0 Å².